The van der Waals surface area contributed by atoms with Crippen molar-refractivity contribution < 1.29 is 29.4 Å². The lowest BCUT2D eigenvalue weighted by atomic mass is 9.82. The minimum atomic E-state index is -2.19. The number of pyridine rings is 1. The molecule has 1 aromatic carbocycles. The summed E-state index contributed by atoms with van der Waals surface area (Å²) < 4.78 is 11.0. The second-order valence-corrected chi connectivity index (χ2v) is 8.66. The predicted molar refractivity (Wildman–Crippen MR) is 128 cm³/mol. The van der Waals surface area contributed by atoms with Gasteiger partial charge < -0.3 is 30.0 Å². The normalized spacial score (nSPS) is 21.8. The van der Waals surface area contributed by atoms with Gasteiger partial charge in [-0.3, -0.25) is 10.1 Å². The van der Waals surface area contributed by atoms with Gasteiger partial charge in [-0.1, -0.05) is 25.1 Å². The summed E-state index contributed by atoms with van der Waals surface area (Å²) in [7, 11) is 0. The van der Waals surface area contributed by atoms with Gasteiger partial charge >= 0.3 is 11.7 Å². The standard InChI is InChI=1S/C24H25N5O7/c1-2-24(32)19-14(12-36-23(24)31)11-35-13-28-10-17-16(9-26-25-7-8-30)15-5-3-4-6-18(15)27-20(17)22(28)21(19)29(33)34/h3-6,9,25,30,32H,2,7-8,10-13H2,1H3/b22-21?,26-9+/t24-/m0/s1. The molecular weight excluding hydrogens is 470 g/mol. The molecule has 12 nitrogen and oxygen atoms in total. The molecule has 0 aliphatic carbocycles. The quantitative estimate of drug-likeness (QED) is 0.173. The molecule has 0 radical (unpaired) electrons. The van der Waals surface area contributed by atoms with Crippen LogP contribution in [-0.4, -0.2) is 75.9 Å². The van der Waals surface area contributed by atoms with Crippen LogP contribution in [0.1, 0.15) is 30.2 Å². The number of benzene rings is 1. The Hall–Kier alpha value is -3.87. The maximum atomic E-state index is 12.6. The number of hydrogen-bond acceptors (Lipinski definition) is 11. The maximum absolute atomic E-state index is 12.6. The molecule has 4 heterocycles. The lowest BCUT2D eigenvalue weighted by Gasteiger charge is -2.35. The molecule has 0 amide bonds. The number of aliphatic hydroxyl groups excluding tert-OH is 1. The average molecular weight is 495 g/mol. The fourth-order valence-electron chi connectivity index (χ4n) is 4.91. The lowest BCUT2D eigenvalue weighted by Crippen LogP contribution is -2.48. The number of carbonyl (C=O) groups is 1. The van der Waals surface area contributed by atoms with E-state index in [2.05, 4.69) is 10.5 Å². The van der Waals surface area contributed by atoms with Gasteiger partial charge in [-0.05, 0) is 12.5 Å². The largest absolute Gasteiger partial charge is 0.459 e. The molecule has 3 N–H and O–H groups in total. The van der Waals surface area contributed by atoms with Crippen LogP contribution in [-0.2, 0) is 20.8 Å². The fraction of sp³-hybridized carbons (Fsp3) is 0.375. The van der Waals surface area contributed by atoms with Crippen LogP contribution < -0.4 is 5.43 Å². The van der Waals surface area contributed by atoms with E-state index in [1.54, 1.807) is 24.1 Å². The van der Waals surface area contributed by atoms with Gasteiger partial charge in [0.1, 0.15) is 19.0 Å². The molecule has 3 aliphatic heterocycles. The first-order valence-corrected chi connectivity index (χ1v) is 11.5. The van der Waals surface area contributed by atoms with Crippen molar-refractivity contribution in [1.29, 1.82) is 0 Å². The topological polar surface area (TPSA) is 160 Å². The van der Waals surface area contributed by atoms with E-state index >= 15 is 0 Å². The fourth-order valence-corrected chi connectivity index (χ4v) is 4.91. The zero-order valence-electron chi connectivity index (χ0n) is 19.6. The number of hydrogen-bond donors (Lipinski definition) is 3. The Labute approximate surface area is 205 Å². The van der Waals surface area contributed by atoms with Crippen molar-refractivity contribution >= 4 is 28.8 Å². The van der Waals surface area contributed by atoms with E-state index in [0.29, 0.717) is 27.9 Å². The highest BCUT2D eigenvalue weighted by Crippen LogP contribution is 2.45. The Morgan fingerprint density at radius 2 is 2.17 bits per heavy atom. The number of nitrogens with zero attached hydrogens (tertiary/aromatic N) is 4. The minimum Gasteiger partial charge on any atom is -0.459 e. The summed E-state index contributed by atoms with van der Waals surface area (Å²) >= 11 is 0. The zero-order valence-corrected chi connectivity index (χ0v) is 19.6. The van der Waals surface area contributed by atoms with Gasteiger partial charge in [0.25, 0.3) is 0 Å². The number of carbonyl (C=O) groups excluding carboxylic acids is 1. The number of cyclic esters (lactones) is 1. The van der Waals surface area contributed by atoms with Crippen molar-refractivity contribution in [1.82, 2.24) is 15.3 Å². The average Bonchev–Trinajstić information content (AvgIpc) is 3.20. The number of nitrogens with one attached hydrogen (secondary N) is 1. The number of rotatable bonds is 6. The molecular formula is C24H25N5O7. The first kappa shape index (κ1) is 23.9. The van der Waals surface area contributed by atoms with Crippen LogP contribution in [0, 0.1) is 10.1 Å². The van der Waals surface area contributed by atoms with Crippen LogP contribution in [0.3, 0.4) is 0 Å². The highest BCUT2D eigenvalue weighted by atomic mass is 16.6. The second-order valence-electron chi connectivity index (χ2n) is 8.66. The van der Waals surface area contributed by atoms with Gasteiger partial charge in [0.05, 0.1) is 47.7 Å². The molecule has 0 spiro atoms. The van der Waals surface area contributed by atoms with Crippen molar-refractivity contribution in [2.75, 3.05) is 33.1 Å². The summed E-state index contributed by atoms with van der Waals surface area (Å²) in [6.45, 7) is 1.80. The molecule has 5 rings (SSSR count). The summed E-state index contributed by atoms with van der Waals surface area (Å²) in [5, 5.41) is 38.0. The van der Waals surface area contributed by atoms with E-state index in [9.17, 15) is 20.0 Å². The monoisotopic (exact) mass is 495 g/mol. The number of fused-ring (bicyclic) bond motifs is 4. The summed E-state index contributed by atoms with van der Waals surface area (Å²) in [5.74, 6) is -0.928. The van der Waals surface area contributed by atoms with E-state index in [4.69, 9.17) is 19.6 Å². The van der Waals surface area contributed by atoms with Crippen molar-refractivity contribution in [2.24, 2.45) is 5.10 Å². The number of aromatic nitrogens is 1. The van der Waals surface area contributed by atoms with E-state index in [0.717, 1.165) is 5.39 Å². The third kappa shape index (κ3) is 3.70. The highest BCUT2D eigenvalue weighted by molar-refractivity contribution is 6.02. The summed E-state index contributed by atoms with van der Waals surface area (Å²) in [5.41, 5.74) is 3.00. The van der Waals surface area contributed by atoms with Gasteiger partial charge in [0.2, 0.25) is 0 Å². The van der Waals surface area contributed by atoms with E-state index in [1.165, 1.54) is 0 Å². The van der Waals surface area contributed by atoms with Gasteiger partial charge in [-0.15, -0.1) is 0 Å². The van der Waals surface area contributed by atoms with Gasteiger partial charge in [0, 0.05) is 28.6 Å². The van der Waals surface area contributed by atoms with E-state index in [1.807, 2.05) is 18.2 Å². The molecule has 2 aromatic rings. The summed E-state index contributed by atoms with van der Waals surface area (Å²) in [4.78, 5) is 31.2. The third-order valence-electron chi connectivity index (χ3n) is 6.60. The Bertz CT molecular complexity index is 1350. The Morgan fingerprint density at radius 1 is 1.36 bits per heavy atom. The zero-order chi connectivity index (χ0) is 25.4. The second kappa shape index (κ2) is 9.30. The van der Waals surface area contributed by atoms with Crippen molar-refractivity contribution in [3.05, 3.63) is 68.0 Å². The number of nitro groups is 1. The molecule has 1 atom stereocenters. The van der Waals surface area contributed by atoms with Gasteiger partial charge in [-0.2, -0.15) is 5.10 Å². The highest BCUT2D eigenvalue weighted by Gasteiger charge is 2.53. The first-order chi connectivity index (χ1) is 17.4. The van der Waals surface area contributed by atoms with Crippen molar-refractivity contribution in [3.8, 4) is 0 Å². The predicted octanol–water partition coefficient (Wildman–Crippen LogP) is 0.894. The molecule has 188 valence electrons. The van der Waals surface area contributed by atoms with Crippen LogP contribution in [0.2, 0.25) is 0 Å². The molecule has 0 saturated heterocycles. The van der Waals surface area contributed by atoms with Crippen molar-refractivity contribution in [3.63, 3.8) is 0 Å². The molecule has 0 unspecified atom stereocenters. The molecule has 36 heavy (non-hydrogen) atoms. The first-order valence-electron chi connectivity index (χ1n) is 11.5. The van der Waals surface area contributed by atoms with E-state index < -0.39 is 16.5 Å². The molecule has 1 aromatic heterocycles. The van der Waals surface area contributed by atoms with Crippen LogP contribution in [0.5, 0.6) is 0 Å². The third-order valence-corrected chi connectivity index (χ3v) is 6.60. The van der Waals surface area contributed by atoms with E-state index in [-0.39, 0.29) is 63.0 Å². The molecule has 0 bridgehead atoms. The van der Waals surface area contributed by atoms with Crippen LogP contribution in [0.15, 0.2) is 46.2 Å². The summed E-state index contributed by atoms with van der Waals surface area (Å²) in [6, 6.07) is 7.37. The Balaban J connectivity index is 1.82. The SMILES string of the molecule is CC[C@@]1(O)C(=O)OCC2=C1C([N+](=O)[O-])=C1c3nc4ccccc4c(/C=N/NCCO)c3CN1COC2. The summed E-state index contributed by atoms with van der Waals surface area (Å²) in [6.07, 6.45) is 1.50. The van der Waals surface area contributed by atoms with Gasteiger partial charge in [0.15, 0.2) is 5.60 Å². The maximum Gasteiger partial charge on any atom is 0.343 e. The molecule has 0 saturated carbocycles. The van der Waals surface area contributed by atoms with Crippen LogP contribution >= 0.6 is 0 Å². The Morgan fingerprint density at radius 3 is 2.92 bits per heavy atom. The number of ether oxygens (including phenoxy) is 2. The molecule has 12 heteroatoms. The van der Waals surface area contributed by atoms with Crippen LogP contribution in [0.4, 0.5) is 0 Å². The number of hydrazone groups is 1. The number of esters is 1. The number of para-hydroxylation sites is 1. The lowest BCUT2D eigenvalue weighted by molar-refractivity contribution is -0.422. The van der Waals surface area contributed by atoms with Gasteiger partial charge in [-0.25, -0.2) is 9.78 Å². The Kier molecular flexibility index (Phi) is 6.16. The molecule has 0 fully saturated rings. The van der Waals surface area contributed by atoms with Crippen LogP contribution in [0.25, 0.3) is 16.6 Å². The number of aliphatic hydroxyl groups is 2. The van der Waals surface area contributed by atoms with Crippen molar-refractivity contribution in [2.45, 2.75) is 25.5 Å². The molecule has 3 aliphatic rings. The smallest absolute Gasteiger partial charge is 0.343 e. The minimum absolute atomic E-state index is 0.0306.